The van der Waals surface area contributed by atoms with Crippen LogP contribution in [0.15, 0.2) is 24.3 Å². The molecule has 0 spiro atoms. The Balaban J connectivity index is 2.16. The Morgan fingerprint density at radius 2 is 1.85 bits per heavy atom. The summed E-state index contributed by atoms with van der Waals surface area (Å²) in [5.74, 6) is 1.41. The third-order valence-electron chi connectivity index (χ3n) is 3.73. The van der Waals surface area contributed by atoms with E-state index in [4.69, 9.17) is 5.73 Å². The van der Waals surface area contributed by atoms with Crippen LogP contribution in [-0.4, -0.2) is 6.04 Å². The molecule has 4 rings (SSSR count). The first kappa shape index (κ1) is 7.57. The van der Waals surface area contributed by atoms with Gasteiger partial charge in [0.1, 0.15) is 0 Å². The molecule has 1 nitrogen and oxygen atoms in total. The maximum atomic E-state index is 6.13. The highest BCUT2D eigenvalue weighted by Gasteiger charge is 2.37. The third kappa shape index (κ3) is 0.969. The molecule has 1 aromatic carbocycles. The van der Waals surface area contributed by atoms with Crippen molar-refractivity contribution in [2.24, 2.45) is 5.73 Å². The number of rotatable bonds is 0. The number of benzene rings is 1. The fourth-order valence-electron chi connectivity index (χ4n) is 3.09. The molecule has 0 saturated heterocycles. The van der Waals surface area contributed by atoms with E-state index in [2.05, 4.69) is 24.3 Å². The van der Waals surface area contributed by atoms with Crippen molar-refractivity contribution in [3.63, 3.8) is 0 Å². The molecule has 0 aliphatic heterocycles. The van der Waals surface area contributed by atoms with E-state index in [1.54, 1.807) is 5.56 Å². The normalized spacial score (nSPS) is 35.9. The van der Waals surface area contributed by atoms with Gasteiger partial charge in [0.25, 0.3) is 0 Å². The molecule has 0 aromatic heterocycles. The fraction of sp³-hybridized carbons (Fsp3) is 0.500. The van der Waals surface area contributed by atoms with Gasteiger partial charge in [0.15, 0.2) is 0 Å². The Morgan fingerprint density at radius 3 is 2.62 bits per heavy atom. The van der Waals surface area contributed by atoms with E-state index in [1.807, 2.05) is 0 Å². The predicted molar refractivity (Wildman–Crippen MR) is 53.8 cm³/mol. The van der Waals surface area contributed by atoms with E-state index in [1.165, 1.54) is 24.8 Å². The van der Waals surface area contributed by atoms with Crippen LogP contribution < -0.4 is 5.73 Å². The zero-order valence-electron chi connectivity index (χ0n) is 7.74. The van der Waals surface area contributed by atoms with Crippen molar-refractivity contribution in [2.45, 2.75) is 37.1 Å². The van der Waals surface area contributed by atoms with Crippen LogP contribution in [0.5, 0.6) is 0 Å². The van der Waals surface area contributed by atoms with Gasteiger partial charge in [0, 0.05) is 6.04 Å². The van der Waals surface area contributed by atoms with E-state index in [9.17, 15) is 0 Å². The summed E-state index contributed by atoms with van der Waals surface area (Å²) in [5, 5.41) is 0. The Kier molecular flexibility index (Phi) is 1.50. The Labute approximate surface area is 78.9 Å². The van der Waals surface area contributed by atoms with Gasteiger partial charge in [-0.15, -0.1) is 0 Å². The number of fused-ring (bicyclic) bond motifs is 2. The summed E-state index contributed by atoms with van der Waals surface area (Å²) in [6.45, 7) is 0. The van der Waals surface area contributed by atoms with Crippen LogP contribution in [0.4, 0.5) is 0 Å². The van der Waals surface area contributed by atoms with Crippen molar-refractivity contribution in [1.82, 2.24) is 0 Å². The first-order valence-electron chi connectivity index (χ1n) is 5.20. The molecule has 2 bridgehead atoms. The fourth-order valence-corrected chi connectivity index (χ4v) is 3.09. The average Bonchev–Trinajstić information content (AvgIpc) is 2.19. The van der Waals surface area contributed by atoms with E-state index >= 15 is 0 Å². The molecule has 0 heterocycles. The molecular formula is C12H15N. The van der Waals surface area contributed by atoms with Crippen LogP contribution in [-0.2, 0) is 0 Å². The number of nitrogens with two attached hydrogens (primary N) is 1. The monoisotopic (exact) mass is 173 g/mol. The molecule has 3 aliphatic rings. The van der Waals surface area contributed by atoms with Crippen molar-refractivity contribution >= 4 is 0 Å². The molecule has 13 heavy (non-hydrogen) atoms. The molecule has 3 aliphatic carbocycles. The molecule has 1 aromatic rings. The Bertz CT molecular complexity index is 332. The lowest BCUT2D eigenvalue weighted by atomic mass is 9.65. The summed E-state index contributed by atoms with van der Waals surface area (Å²) in [7, 11) is 0. The van der Waals surface area contributed by atoms with Gasteiger partial charge in [0.05, 0.1) is 0 Å². The van der Waals surface area contributed by atoms with Crippen LogP contribution >= 0.6 is 0 Å². The molecule has 3 atom stereocenters. The highest BCUT2D eigenvalue weighted by Crippen LogP contribution is 2.48. The molecule has 0 radical (unpaired) electrons. The third-order valence-corrected chi connectivity index (χ3v) is 3.73. The highest BCUT2D eigenvalue weighted by atomic mass is 14.7. The summed E-state index contributed by atoms with van der Waals surface area (Å²) in [5.41, 5.74) is 9.26. The van der Waals surface area contributed by atoms with Crippen LogP contribution in [0.3, 0.4) is 0 Å². The SMILES string of the molecule is N[C@@H]1C[C@@H]2CC[C@H]1c1ccccc12. The van der Waals surface area contributed by atoms with Gasteiger partial charge >= 0.3 is 0 Å². The predicted octanol–water partition coefficient (Wildman–Crippen LogP) is 2.38. The van der Waals surface area contributed by atoms with Gasteiger partial charge in [-0.1, -0.05) is 24.3 Å². The van der Waals surface area contributed by atoms with Gasteiger partial charge < -0.3 is 5.73 Å². The Morgan fingerprint density at radius 1 is 1.08 bits per heavy atom. The topological polar surface area (TPSA) is 26.0 Å². The zero-order chi connectivity index (χ0) is 8.84. The Hall–Kier alpha value is -0.820. The zero-order valence-corrected chi connectivity index (χ0v) is 7.74. The second-order valence-corrected chi connectivity index (χ2v) is 4.41. The minimum Gasteiger partial charge on any atom is -0.327 e. The maximum absolute atomic E-state index is 6.13. The molecule has 2 N–H and O–H groups in total. The van der Waals surface area contributed by atoms with E-state index in [-0.39, 0.29) is 0 Å². The van der Waals surface area contributed by atoms with Gasteiger partial charge in [0.2, 0.25) is 0 Å². The first-order chi connectivity index (χ1) is 6.36. The summed E-state index contributed by atoms with van der Waals surface area (Å²) in [6.07, 6.45) is 3.87. The van der Waals surface area contributed by atoms with Crippen LogP contribution in [0.2, 0.25) is 0 Å². The second kappa shape index (κ2) is 2.58. The van der Waals surface area contributed by atoms with Gasteiger partial charge in [-0.25, -0.2) is 0 Å². The number of hydrogen-bond acceptors (Lipinski definition) is 1. The van der Waals surface area contributed by atoms with Gasteiger partial charge in [-0.05, 0) is 42.2 Å². The van der Waals surface area contributed by atoms with Crippen LogP contribution in [0.1, 0.15) is 42.2 Å². The summed E-state index contributed by atoms with van der Waals surface area (Å²) >= 11 is 0. The largest absolute Gasteiger partial charge is 0.327 e. The summed E-state index contributed by atoms with van der Waals surface area (Å²) in [6, 6.07) is 9.29. The average molecular weight is 173 g/mol. The van der Waals surface area contributed by atoms with Gasteiger partial charge in [-0.2, -0.15) is 0 Å². The first-order valence-corrected chi connectivity index (χ1v) is 5.20. The standard InChI is InChI=1S/C12H15N/c13-12-7-8-5-6-11(12)10-4-2-1-3-9(8)10/h1-4,8,11-12H,5-7,13H2/t8-,11-,12+/m0/s1. The highest BCUT2D eigenvalue weighted by molar-refractivity contribution is 5.39. The second-order valence-electron chi connectivity index (χ2n) is 4.41. The van der Waals surface area contributed by atoms with Gasteiger partial charge in [-0.3, -0.25) is 0 Å². The maximum Gasteiger partial charge on any atom is 0.0114 e. The molecule has 68 valence electrons. The quantitative estimate of drug-likeness (QED) is 0.640. The van der Waals surface area contributed by atoms with Crippen molar-refractivity contribution in [2.75, 3.05) is 0 Å². The van der Waals surface area contributed by atoms with Crippen molar-refractivity contribution in [1.29, 1.82) is 0 Å². The van der Waals surface area contributed by atoms with Crippen LogP contribution in [0.25, 0.3) is 0 Å². The summed E-state index contributed by atoms with van der Waals surface area (Å²) < 4.78 is 0. The van der Waals surface area contributed by atoms with Crippen molar-refractivity contribution < 1.29 is 0 Å². The molecule has 0 amide bonds. The van der Waals surface area contributed by atoms with E-state index < -0.39 is 0 Å². The molecule has 1 fully saturated rings. The molecule has 0 unspecified atom stereocenters. The lowest BCUT2D eigenvalue weighted by Gasteiger charge is -2.42. The minimum atomic E-state index is 0.425. The molecular weight excluding hydrogens is 158 g/mol. The smallest absolute Gasteiger partial charge is 0.0114 e. The van der Waals surface area contributed by atoms with E-state index in [0.29, 0.717) is 12.0 Å². The van der Waals surface area contributed by atoms with Crippen LogP contribution in [0, 0.1) is 0 Å². The number of hydrogen-bond donors (Lipinski definition) is 1. The molecule has 1 saturated carbocycles. The van der Waals surface area contributed by atoms with Crippen molar-refractivity contribution in [3.05, 3.63) is 35.4 Å². The summed E-state index contributed by atoms with van der Waals surface area (Å²) in [4.78, 5) is 0. The minimum absolute atomic E-state index is 0.425. The lowest BCUT2D eigenvalue weighted by Crippen LogP contribution is -2.39. The van der Waals surface area contributed by atoms with Crippen molar-refractivity contribution in [3.8, 4) is 0 Å². The molecule has 1 heteroatoms. The van der Waals surface area contributed by atoms with E-state index in [0.717, 1.165) is 5.92 Å². The lowest BCUT2D eigenvalue weighted by molar-refractivity contribution is 0.314.